The van der Waals surface area contributed by atoms with Crippen LogP contribution in [0.5, 0.6) is 0 Å². The third kappa shape index (κ3) is 2.54. The van der Waals surface area contributed by atoms with Gasteiger partial charge in [0, 0.05) is 5.56 Å². The van der Waals surface area contributed by atoms with E-state index >= 15 is 0 Å². The molecule has 26 heavy (non-hydrogen) atoms. The van der Waals surface area contributed by atoms with E-state index in [1.165, 1.54) is 16.6 Å². The van der Waals surface area contributed by atoms with Crippen LogP contribution < -0.4 is 11.2 Å². The molecule has 0 atom stereocenters. The Morgan fingerprint density at radius 3 is 2.38 bits per heavy atom. The molecule has 0 spiro atoms. The van der Waals surface area contributed by atoms with Crippen molar-refractivity contribution in [1.82, 2.24) is 14.5 Å². The van der Waals surface area contributed by atoms with Crippen molar-refractivity contribution in [2.24, 2.45) is 0 Å². The summed E-state index contributed by atoms with van der Waals surface area (Å²) in [7, 11) is 0. The van der Waals surface area contributed by atoms with Crippen molar-refractivity contribution in [2.75, 3.05) is 0 Å². The van der Waals surface area contributed by atoms with Gasteiger partial charge in [-0.25, -0.2) is 14.3 Å². The molecule has 0 fully saturated rings. The van der Waals surface area contributed by atoms with Gasteiger partial charge in [0.1, 0.15) is 4.70 Å². The molecule has 0 saturated heterocycles. The van der Waals surface area contributed by atoms with Crippen LogP contribution in [0.4, 0.5) is 0 Å². The minimum atomic E-state index is -0.607. The van der Waals surface area contributed by atoms with Crippen LogP contribution in [0.25, 0.3) is 27.2 Å². The topological polar surface area (TPSA) is 67.8 Å². The standard InChI is InChI=1S/C13H6ClN3O2S.C6H4/c1-2-7-4-3-5-8(9(7)14)17-12(18)10-11(15-6-20-10)16-13(17)19;1-2-6-4-3-5(1)6/h1,3-6H,(H,16,19);1-4H. The predicted molar refractivity (Wildman–Crippen MR) is 104 cm³/mol. The Labute approximate surface area is 156 Å². The summed E-state index contributed by atoms with van der Waals surface area (Å²) in [6, 6.07) is 13.3. The van der Waals surface area contributed by atoms with Crippen molar-refractivity contribution in [3.05, 3.63) is 79.4 Å². The molecule has 0 aliphatic heterocycles. The van der Waals surface area contributed by atoms with Gasteiger partial charge in [-0.2, -0.15) is 0 Å². The zero-order valence-corrected chi connectivity index (χ0v) is 14.8. The first kappa shape index (κ1) is 16.3. The highest BCUT2D eigenvalue weighted by Crippen LogP contribution is 2.29. The van der Waals surface area contributed by atoms with Crippen LogP contribution in [-0.4, -0.2) is 14.5 Å². The van der Waals surface area contributed by atoms with Crippen molar-refractivity contribution >= 4 is 33.3 Å². The molecule has 126 valence electrons. The monoisotopic (exact) mass is 379 g/mol. The van der Waals surface area contributed by atoms with Crippen LogP contribution in [0.2, 0.25) is 5.02 Å². The number of nitrogens with zero attached hydrogens (tertiary/aromatic N) is 2. The number of aromatic amines is 1. The van der Waals surface area contributed by atoms with Crippen LogP contribution in [0, 0.1) is 12.3 Å². The quantitative estimate of drug-likeness (QED) is 0.454. The number of aromatic nitrogens is 3. The van der Waals surface area contributed by atoms with E-state index in [0.717, 1.165) is 15.9 Å². The number of fused-ring (bicyclic) bond motifs is 2. The van der Waals surface area contributed by atoms with E-state index in [2.05, 4.69) is 40.2 Å². The van der Waals surface area contributed by atoms with E-state index in [1.54, 1.807) is 18.2 Å². The summed E-state index contributed by atoms with van der Waals surface area (Å²) in [6.07, 6.45) is 5.33. The Morgan fingerprint density at radius 1 is 1.12 bits per heavy atom. The maximum absolute atomic E-state index is 12.4. The molecular formula is C19H10ClN3O2S. The van der Waals surface area contributed by atoms with E-state index in [4.69, 9.17) is 18.0 Å². The average molecular weight is 380 g/mol. The molecule has 1 aromatic carbocycles. The zero-order valence-electron chi connectivity index (χ0n) is 13.2. The number of halogens is 1. The lowest BCUT2D eigenvalue weighted by atomic mass is 9.95. The first-order chi connectivity index (χ1) is 12.6. The summed E-state index contributed by atoms with van der Waals surface area (Å²) in [6.45, 7) is 0. The number of hydrogen-bond acceptors (Lipinski definition) is 4. The molecule has 2 heterocycles. The molecular weight excluding hydrogens is 370 g/mol. The zero-order chi connectivity index (χ0) is 18.3. The largest absolute Gasteiger partial charge is 0.334 e. The maximum atomic E-state index is 12.4. The number of thiazole rings is 1. The van der Waals surface area contributed by atoms with Gasteiger partial charge in [-0.1, -0.05) is 47.9 Å². The van der Waals surface area contributed by atoms with E-state index < -0.39 is 11.2 Å². The Kier molecular flexibility index (Phi) is 3.96. The highest BCUT2D eigenvalue weighted by molar-refractivity contribution is 7.16. The van der Waals surface area contributed by atoms with Gasteiger partial charge < -0.3 is 0 Å². The molecule has 2 aliphatic rings. The number of H-pyrrole nitrogens is 1. The summed E-state index contributed by atoms with van der Waals surface area (Å²) in [4.78, 5) is 30.9. The average Bonchev–Trinajstić information content (AvgIpc) is 3.08. The van der Waals surface area contributed by atoms with Gasteiger partial charge in [0.25, 0.3) is 5.56 Å². The van der Waals surface area contributed by atoms with Crippen molar-refractivity contribution < 1.29 is 0 Å². The van der Waals surface area contributed by atoms with Gasteiger partial charge in [0.15, 0.2) is 5.65 Å². The Morgan fingerprint density at radius 2 is 1.81 bits per heavy atom. The molecule has 2 aromatic heterocycles. The number of terminal acetylenes is 1. The Hall–Kier alpha value is -3.14. The van der Waals surface area contributed by atoms with Crippen LogP contribution in [-0.2, 0) is 0 Å². The van der Waals surface area contributed by atoms with Crippen LogP contribution in [0.15, 0.2) is 57.6 Å². The van der Waals surface area contributed by atoms with E-state index in [9.17, 15) is 9.59 Å². The number of nitrogens with one attached hydrogen (secondary N) is 1. The number of benzene rings is 2. The second-order valence-corrected chi connectivity index (χ2v) is 6.69. The van der Waals surface area contributed by atoms with Crippen molar-refractivity contribution in [3.8, 4) is 29.2 Å². The van der Waals surface area contributed by atoms with Gasteiger partial charge in [0.2, 0.25) is 0 Å². The fourth-order valence-electron chi connectivity index (χ4n) is 2.52. The SMILES string of the molecule is C#Cc1cccc(-n2c(=O)[nH]c3ncsc3c2=O)c1Cl.c1cc2ccc1-2. The van der Waals surface area contributed by atoms with Crippen molar-refractivity contribution in [3.63, 3.8) is 0 Å². The highest BCUT2D eigenvalue weighted by Gasteiger charge is 2.15. The highest BCUT2D eigenvalue weighted by atomic mass is 35.5. The first-order valence-corrected chi connectivity index (χ1v) is 8.80. The molecule has 0 radical (unpaired) electrons. The summed E-state index contributed by atoms with van der Waals surface area (Å²) in [5, 5.41) is 0.187. The normalized spacial score (nSPS) is 10.8. The maximum Gasteiger partial charge on any atom is 0.334 e. The first-order valence-electron chi connectivity index (χ1n) is 7.54. The lowest BCUT2D eigenvalue weighted by Crippen LogP contribution is -2.33. The van der Waals surface area contributed by atoms with Gasteiger partial charge in [-0.3, -0.25) is 9.78 Å². The minimum Gasteiger partial charge on any atom is -0.290 e. The van der Waals surface area contributed by atoms with Crippen LogP contribution in [0.3, 0.4) is 0 Å². The van der Waals surface area contributed by atoms with Gasteiger partial charge in [-0.05, 0) is 23.3 Å². The third-order valence-electron chi connectivity index (χ3n) is 3.99. The van der Waals surface area contributed by atoms with Crippen molar-refractivity contribution in [2.45, 2.75) is 0 Å². The molecule has 7 heteroatoms. The van der Waals surface area contributed by atoms with Gasteiger partial charge in [0.05, 0.1) is 16.2 Å². The smallest absolute Gasteiger partial charge is 0.290 e. The molecule has 3 aromatic rings. The Bertz CT molecular complexity index is 1270. The molecule has 0 saturated carbocycles. The van der Waals surface area contributed by atoms with E-state index in [0.29, 0.717) is 10.3 Å². The third-order valence-corrected chi connectivity index (χ3v) is 5.20. The number of rotatable bonds is 1. The minimum absolute atomic E-state index is 0.187. The molecule has 0 unspecified atom stereocenters. The molecule has 0 bridgehead atoms. The van der Waals surface area contributed by atoms with E-state index in [1.807, 2.05) is 0 Å². The molecule has 5 nitrogen and oxygen atoms in total. The van der Waals surface area contributed by atoms with Crippen molar-refractivity contribution in [1.29, 1.82) is 0 Å². The summed E-state index contributed by atoms with van der Waals surface area (Å²) in [5.74, 6) is 2.41. The second-order valence-electron chi connectivity index (χ2n) is 5.46. The molecule has 0 amide bonds. The number of hydrogen-bond donors (Lipinski definition) is 1. The van der Waals surface area contributed by atoms with Gasteiger partial charge >= 0.3 is 5.69 Å². The summed E-state index contributed by atoms with van der Waals surface area (Å²) < 4.78 is 1.32. The lowest BCUT2D eigenvalue weighted by Gasteiger charge is -2.10. The fourth-order valence-corrected chi connectivity index (χ4v) is 3.46. The molecule has 1 N–H and O–H groups in total. The Balaban J connectivity index is 0.000000233. The van der Waals surface area contributed by atoms with Gasteiger partial charge in [-0.15, -0.1) is 17.8 Å². The molecule has 5 rings (SSSR count). The van der Waals surface area contributed by atoms with E-state index in [-0.39, 0.29) is 16.4 Å². The van der Waals surface area contributed by atoms with Crippen LogP contribution in [0.1, 0.15) is 5.56 Å². The summed E-state index contributed by atoms with van der Waals surface area (Å²) >= 11 is 7.29. The second kappa shape index (κ2) is 6.30. The molecule has 2 aliphatic carbocycles. The van der Waals surface area contributed by atoms with Crippen LogP contribution >= 0.6 is 22.9 Å². The lowest BCUT2D eigenvalue weighted by molar-refractivity contribution is 0.899. The summed E-state index contributed by atoms with van der Waals surface area (Å²) in [5.41, 5.74) is 4.21. The predicted octanol–water partition coefficient (Wildman–Crippen LogP) is 3.44. The fraction of sp³-hybridized carbons (Fsp3) is 0.